The van der Waals surface area contributed by atoms with Gasteiger partial charge in [-0.3, -0.25) is 4.99 Å². The van der Waals surface area contributed by atoms with Gasteiger partial charge in [-0.2, -0.15) is 0 Å². The molecule has 2 aliphatic heterocycles. The van der Waals surface area contributed by atoms with Crippen molar-refractivity contribution >= 4 is 11.5 Å². The molecule has 27 heavy (non-hydrogen) atoms. The van der Waals surface area contributed by atoms with Crippen molar-refractivity contribution in [2.45, 2.75) is 19.6 Å². The first-order valence-corrected chi connectivity index (χ1v) is 9.23. The van der Waals surface area contributed by atoms with E-state index in [1.165, 1.54) is 5.56 Å². The van der Waals surface area contributed by atoms with Gasteiger partial charge in [0.2, 0.25) is 0 Å². The highest BCUT2D eigenvalue weighted by Crippen LogP contribution is 2.28. The summed E-state index contributed by atoms with van der Waals surface area (Å²) in [5, 5.41) is 0. The highest BCUT2D eigenvalue weighted by Gasteiger charge is 2.21. The lowest BCUT2D eigenvalue weighted by Gasteiger charge is -2.27. The lowest BCUT2D eigenvalue weighted by atomic mass is 10.0. The molecular formula is C20H24N4O3. The molecule has 7 heteroatoms. The number of methoxy groups -OCH3 is 1. The molecule has 1 aromatic heterocycles. The highest BCUT2D eigenvalue weighted by molar-refractivity contribution is 6.14. The SMILES string of the molecule is COC[C@H](C)Oc1ccc2c(c1)C(c1cc(N3CCOCC3)ncn1)=NC2. The summed E-state index contributed by atoms with van der Waals surface area (Å²) >= 11 is 0. The van der Waals surface area contributed by atoms with E-state index in [1.54, 1.807) is 13.4 Å². The monoisotopic (exact) mass is 368 g/mol. The molecule has 1 saturated heterocycles. The third-order valence-electron chi connectivity index (χ3n) is 4.71. The molecule has 0 saturated carbocycles. The van der Waals surface area contributed by atoms with E-state index in [-0.39, 0.29) is 6.10 Å². The molecule has 0 N–H and O–H groups in total. The molecule has 0 spiro atoms. The quantitative estimate of drug-likeness (QED) is 0.778. The molecule has 1 fully saturated rings. The van der Waals surface area contributed by atoms with Crippen LogP contribution in [0.4, 0.5) is 5.82 Å². The van der Waals surface area contributed by atoms with Crippen LogP contribution >= 0.6 is 0 Å². The molecule has 0 amide bonds. The van der Waals surface area contributed by atoms with E-state index in [0.717, 1.165) is 54.8 Å². The molecule has 2 aliphatic rings. The summed E-state index contributed by atoms with van der Waals surface area (Å²) in [6.45, 7) is 6.34. The smallest absolute Gasteiger partial charge is 0.132 e. The number of anilines is 1. The lowest BCUT2D eigenvalue weighted by Crippen LogP contribution is -2.36. The van der Waals surface area contributed by atoms with E-state index in [0.29, 0.717) is 13.2 Å². The Labute approximate surface area is 159 Å². The zero-order valence-corrected chi connectivity index (χ0v) is 15.7. The Morgan fingerprint density at radius 3 is 2.85 bits per heavy atom. The Morgan fingerprint density at radius 2 is 2.04 bits per heavy atom. The standard InChI is InChI=1S/C20H24N4O3/c1-14(12-25-2)27-16-4-3-15-11-21-20(17(15)9-16)18-10-19(23-13-22-18)24-5-7-26-8-6-24/h3-4,9-10,13-14H,5-8,11-12H2,1-2H3/t14-/m0/s1. The van der Waals surface area contributed by atoms with E-state index in [2.05, 4.69) is 20.9 Å². The third-order valence-corrected chi connectivity index (χ3v) is 4.71. The van der Waals surface area contributed by atoms with Crippen molar-refractivity contribution in [2.24, 2.45) is 4.99 Å². The van der Waals surface area contributed by atoms with Gasteiger partial charge in [0, 0.05) is 31.8 Å². The van der Waals surface area contributed by atoms with Crippen LogP contribution in [0.2, 0.25) is 0 Å². The van der Waals surface area contributed by atoms with E-state index >= 15 is 0 Å². The molecule has 2 aromatic rings. The Morgan fingerprint density at radius 1 is 1.19 bits per heavy atom. The van der Waals surface area contributed by atoms with Crippen LogP contribution in [0.1, 0.15) is 23.7 Å². The fourth-order valence-corrected chi connectivity index (χ4v) is 3.40. The predicted molar refractivity (Wildman–Crippen MR) is 103 cm³/mol. The minimum absolute atomic E-state index is 0.0122. The Hall–Kier alpha value is -2.51. The van der Waals surface area contributed by atoms with Crippen LogP contribution in [-0.4, -0.2) is 61.8 Å². The normalized spacial score (nSPS) is 17.4. The van der Waals surface area contributed by atoms with Crippen LogP contribution in [0.3, 0.4) is 0 Å². The van der Waals surface area contributed by atoms with Crippen molar-refractivity contribution in [2.75, 3.05) is 44.9 Å². The molecule has 4 rings (SSSR count). The maximum absolute atomic E-state index is 5.95. The number of hydrogen-bond donors (Lipinski definition) is 0. The minimum atomic E-state index is -0.0122. The summed E-state index contributed by atoms with van der Waals surface area (Å²) in [5.74, 6) is 1.73. The summed E-state index contributed by atoms with van der Waals surface area (Å²) in [7, 11) is 1.68. The summed E-state index contributed by atoms with van der Waals surface area (Å²) in [5.41, 5.74) is 3.99. The second kappa shape index (κ2) is 8.02. The molecule has 1 atom stereocenters. The van der Waals surface area contributed by atoms with Gasteiger partial charge >= 0.3 is 0 Å². The van der Waals surface area contributed by atoms with Crippen LogP contribution in [0.15, 0.2) is 35.6 Å². The van der Waals surface area contributed by atoms with Crippen molar-refractivity contribution in [1.29, 1.82) is 0 Å². The van der Waals surface area contributed by atoms with E-state index < -0.39 is 0 Å². The number of nitrogens with zero attached hydrogens (tertiary/aromatic N) is 4. The topological polar surface area (TPSA) is 69.1 Å². The highest BCUT2D eigenvalue weighted by atomic mass is 16.5. The average Bonchev–Trinajstić information content (AvgIpc) is 3.12. The maximum Gasteiger partial charge on any atom is 0.132 e. The molecule has 1 aromatic carbocycles. The van der Waals surface area contributed by atoms with Crippen LogP contribution in [-0.2, 0) is 16.0 Å². The number of benzene rings is 1. The first-order chi connectivity index (χ1) is 13.2. The molecule has 0 radical (unpaired) electrons. The minimum Gasteiger partial charge on any atom is -0.488 e. The second-order valence-electron chi connectivity index (χ2n) is 6.73. The van der Waals surface area contributed by atoms with Crippen LogP contribution < -0.4 is 9.64 Å². The number of aromatic nitrogens is 2. The van der Waals surface area contributed by atoms with Crippen molar-refractivity contribution in [3.05, 3.63) is 47.4 Å². The summed E-state index contributed by atoms with van der Waals surface area (Å²) in [6, 6.07) is 8.12. The van der Waals surface area contributed by atoms with Gasteiger partial charge in [0.25, 0.3) is 0 Å². The Kier molecular flexibility index (Phi) is 5.31. The Bertz CT molecular complexity index is 834. The fourth-order valence-electron chi connectivity index (χ4n) is 3.40. The van der Waals surface area contributed by atoms with E-state index in [9.17, 15) is 0 Å². The lowest BCUT2D eigenvalue weighted by molar-refractivity contribution is 0.0921. The third kappa shape index (κ3) is 3.94. The van der Waals surface area contributed by atoms with Crippen LogP contribution in [0, 0.1) is 0 Å². The predicted octanol–water partition coefficient (Wildman–Crippen LogP) is 2.08. The second-order valence-corrected chi connectivity index (χ2v) is 6.73. The molecule has 7 nitrogen and oxygen atoms in total. The number of hydrogen-bond acceptors (Lipinski definition) is 7. The number of morpholine rings is 1. The van der Waals surface area contributed by atoms with Crippen molar-refractivity contribution in [3.8, 4) is 5.75 Å². The van der Waals surface area contributed by atoms with Crippen molar-refractivity contribution in [3.63, 3.8) is 0 Å². The maximum atomic E-state index is 5.95. The average molecular weight is 368 g/mol. The van der Waals surface area contributed by atoms with Gasteiger partial charge in [-0.1, -0.05) is 6.07 Å². The van der Waals surface area contributed by atoms with Crippen molar-refractivity contribution < 1.29 is 14.2 Å². The molecule has 3 heterocycles. The number of aliphatic imine (C=N–C) groups is 1. The van der Waals surface area contributed by atoms with E-state index in [4.69, 9.17) is 19.2 Å². The first-order valence-electron chi connectivity index (χ1n) is 9.23. The summed E-state index contributed by atoms with van der Waals surface area (Å²) in [6.07, 6.45) is 1.60. The van der Waals surface area contributed by atoms with Gasteiger partial charge in [-0.15, -0.1) is 0 Å². The van der Waals surface area contributed by atoms with Gasteiger partial charge in [0.1, 0.15) is 24.0 Å². The number of rotatable bonds is 6. The Balaban J connectivity index is 1.58. The summed E-state index contributed by atoms with van der Waals surface area (Å²) in [4.78, 5) is 15.8. The molecular weight excluding hydrogens is 344 g/mol. The number of fused-ring (bicyclic) bond motifs is 1. The number of ether oxygens (including phenoxy) is 3. The van der Waals surface area contributed by atoms with Gasteiger partial charge in [-0.05, 0) is 24.6 Å². The fraction of sp³-hybridized carbons (Fsp3) is 0.450. The molecule has 0 bridgehead atoms. The van der Waals surface area contributed by atoms with E-state index in [1.807, 2.05) is 25.1 Å². The van der Waals surface area contributed by atoms with Gasteiger partial charge in [-0.25, -0.2) is 9.97 Å². The molecule has 142 valence electrons. The first kappa shape index (κ1) is 17.9. The largest absolute Gasteiger partial charge is 0.488 e. The molecule has 0 aliphatic carbocycles. The zero-order chi connectivity index (χ0) is 18.6. The molecule has 0 unspecified atom stereocenters. The van der Waals surface area contributed by atoms with Gasteiger partial charge in [0.05, 0.1) is 37.8 Å². The van der Waals surface area contributed by atoms with Crippen LogP contribution in [0.25, 0.3) is 0 Å². The van der Waals surface area contributed by atoms with Gasteiger partial charge < -0.3 is 19.1 Å². The van der Waals surface area contributed by atoms with Gasteiger partial charge in [0.15, 0.2) is 0 Å². The zero-order valence-electron chi connectivity index (χ0n) is 15.7. The van der Waals surface area contributed by atoms with Crippen molar-refractivity contribution in [1.82, 2.24) is 9.97 Å². The summed E-state index contributed by atoms with van der Waals surface area (Å²) < 4.78 is 16.5. The van der Waals surface area contributed by atoms with Crippen LogP contribution in [0.5, 0.6) is 5.75 Å².